The first-order valence-electron chi connectivity index (χ1n) is 8.31. The van der Waals surface area contributed by atoms with Crippen LogP contribution < -0.4 is 0 Å². The van der Waals surface area contributed by atoms with Crippen molar-refractivity contribution in [1.29, 1.82) is 0 Å². The van der Waals surface area contributed by atoms with E-state index in [1.165, 1.54) is 0 Å². The third kappa shape index (κ3) is 5.08. The first kappa shape index (κ1) is 27.3. The second-order valence-corrected chi connectivity index (χ2v) is 10.1. The zero-order valence-electron chi connectivity index (χ0n) is 14.6. The van der Waals surface area contributed by atoms with Gasteiger partial charge in [-0.15, -0.1) is 0 Å². The number of hydrogen-bond donors (Lipinski definition) is 0. The molecule has 0 unspecified atom stereocenters. The summed E-state index contributed by atoms with van der Waals surface area (Å²) in [6.45, 7) is 3.47. The van der Waals surface area contributed by atoms with Gasteiger partial charge in [0, 0.05) is 0 Å². The summed E-state index contributed by atoms with van der Waals surface area (Å²) in [7, 11) is -10.00. The van der Waals surface area contributed by atoms with Crippen LogP contribution in [0, 0.1) is 0 Å². The van der Waals surface area contributed by atoms with Crippen LogP contribution in [0.25, 0.3) is 0 Å². The third-order valence-corrected chi connectivity index (χ3v) is 8.06. The fourth-order valence-corrected chi connectivity index (χ4v) is 5.21. The first-order valence-corrected chi connectivity index (χ1v) is 10.5. The van der Waals surface area contributed by atoms with E-state index in [-0.39, 0.29) is 6.42 Å². The van der Waals surface area contributed by atoms with E-state index in [4.69, 9.17) is 0 Å². The molecule has 0 bridgehead atoms. The van der Waals surface area contributed by atoms with Crippen LogP contribution in [-0.4, -0.2) is 29.8 Å². The van der Waals surface area contributed by atoms with Gasteiger partial charge >= 0.3 is 153 Å². The molecule has 0 heterocycles. The maximum atomic E-state index is 14.3. The van der Waals surface area contributed by atoms with Crippen molar-refractivity contribution in [1.82, 2.24) is 0 Å². The van der Waals surface area contributed by atoms with E-state index in [0.717, 1.165) is 6.42 Å². The summed E-state index contributed by atoms with van der Waals surface area (Å²) in [5, 5.41) is 0. The van der Waals surface area contributed by atoms with Crippen LogP contribution in [0.2, 0.25) is 0 Å². The molecule has 0 N–H and O–H groups in total. The van der Waals surface area contributed by atoms with Gasteiger partial charge in [-0.25, -0.2) is 0 Å². The Morgan fingerprint density at radius 3 is 1.21 bits per heavy atom. The fraction of sp³-hybridized carbons (Fsp3) is 0.867. The SMILES string of the molecule is C=CCCCCCCCCCP(F)(F)(C(F)(F)C(F)(F)F)C(F)(F)C(F)(F)F. The molecule has 0 amide bonds. The Morgan fingerprint density at radius 2 is 0.893 bits per heavy atom. The van der Waals surface area contributed by atoms with Gasteiger partial charge in [0.05, 0.1) is 0 Å². The van der Waals surface area contributed by atoms with Crippen molar-refractivity contribution in [3.05, 3.63) is 12.7 Å². The first-order chi connectivity index (χ1) is 12.4. The van der Waals surface area contributed by atoms with Crippen LogP contribution in [0.4, 0.5) is 52.3 Å². The molecule has 0 spiro atoms. The minimum absolute atomic E-state index is 0.0236. The van der Waals surface area contributed by atoms with Crippen molar-refractivity contribution in [2.24, 2.45) is 0 Å². The standard InChI is InChI=1S/C15H21F12P/c1-2-3-4-5-6-7-8-9-10-11-28(26,27,14(22,23)12(16,17)18)15(24,25)13(19,20)21/h2H,1,3-11H2. The van der Waals surface area contributed by atoms with Crippen LogP contribution in [0.3, 0.4) is 0 Å². The summed E-state index contributed by atoms with van der Waals surface area (Å²) in [5.41, 5.74) is -14.9. The van der Waals surface area contributed by atoms with Gasteiger partial charge in [0.25, 0.3) is 0 Å². The molecule has 0 radical (unpaired) electrons. The van der Waals surface area contributed by atoms with Gasteiger partial charge in [-0.3, -0.25) is 0 Å². The normalized spacial score (nSPS) is 15.9. The number of allylic oxidation sites excluding steroid dienone is 1. The quantitative estimate of drug-likeness (QED) is 0.118. The van der Waals surface area contributed by atoms with Crippen LogP contribution in [-0.2, 0) is 0 Å². The fourth-order valence-electron chi connectivity index (χ4n) is 2.52. The monoisotopic (exact) mass is 460 g/mol. The predicted molar refractivity (Wildman–Crippen MR) is 83.1 cm³/mol. The Balaban J connectivity index is 5.35. The average Bonchev–Trinajstić information content (AvgIpc) is 2.51. The maximum absolute atomic E-state index is 14.3. The van der Waals surface area contributed by atoms with E-state index in [0.29, 0.717) is 25.7 Å². The molecular formula is C15H21F12P. The van der Waals surface area contributed by atoms with Crippen molar-refractivity contribution in [3.8, 4) is 0 Å². The number of hydrogen-bond acceptors (Lipinski definition) is 0. The van der Waals surface area contributed by atoms with Gasteiger partial charge in [-0.1, -0.05) is 0 Å². The Bertz CT molecular complexity index is 476. The average molecular weight is 460 g/mol. The molecule has 0 aromatic rings. The zero-order chi connectivity index (χ0) is 22.5. The Hall–Kier alpha value is -0.670. The molecule has 0 aromatic carbocycles. The second kappa shape index (κ2) is 9.00. The van der Waals surface area contributed by atoms with E-state index >= 15 is 0 Å². The van der Waals surface area contributed by atoms with Crippen LogP contribution in [0.15, 0.2) is 12.7 Å². The minimum atomic E-state index is -10.00. The molecule has 0 saturated carbocycles. The molecule has 0 aliphatic heterocycles. The van der Waals surface area contributed by atoms with Crippen LogP contribution in [0.1, 0.15) is 51.4 Å². The van der Waals surface area contributed by atoms with Crippen molar-refractivity contribution in [2.75, 3.05) is 6.16 Å². The summed E-state index contributed by atoms with van der Waals surface area (Å²) in [6.07, 6.45) is -14.4. The van der Waals surface area contributed by atoms with Crippen LogP contribution >= 0.6 is 7.22 Å². The van der Waals surface area contributed by atoms with Crippen molar-refractivity contribution < 1.29 is 52.3 Å². The van der Waals surface area contributed by atoms with Gasteiger partial charge in [0.15, 0.2) is 0 Å². The third-order valence-electron chi connectivity index (χ3n) is 4.24. The van der Waals surface area contributed by atoms with E-state index in [1.807, 2.05) is 0 Å². The molecule has 13 heteroatoms. The Kier molecular flexibility index (Phi) is 8.78. The molecule has 0 aliphatic rings. The summed E-state index contributed by atoms with van der Waals surface area (Å²) in [4.78, 5) is 0. The summed E-state index contributed by atoms with van der Waals surface area (Å²) in [5.74, 6) is 0. The van der Waals surface area contributed by atoms with Crippen molar-refractivity contribution in [2.45, 2.75) is 75.0 Å². The summed E-state index contributed by atoms with van der Waals surface area (Å²) in [6, 6.07) is 0. The number of unbranched alkanes of at least 4 members (excludes halogenated alkanes) is 7. The molecule has 0 aromatic heterocycles. The van der Waals surface area contributed by atoms with Gasteiger partial charge in [-0.05, 0) is 0 Å². The molecule has 170 valence electrons. The predicted octanol–water partition coefficient (Wildman–Crippen LogP) is 8.93. The van der Waals surface area contributed by atoms with Crippen LogP contribution in [0.5, 0.6) is 0 Å². The topological polar surface area (TPSA) is 0 Å². The van der Waals surface area contributed by atoms with E-state index in [1.54, 1.807) is 6.08 Å². The molecule has 28 heavy (non-hydrogen) atoms. The number of halogens is 12. The molecule has 0 atom stereocenters. The number of alkyl halides is 10. The summed E-state index contributed by atoms with van der Waals surface area (Å²) < 4.78 is 156. The molecular weight excluding hydrogens is 439 g/mol. The Morgan fingerprint density at radius 1 is 0.571 bits per heavy atom. The van der Waals surface area contributed by atoms with E-state index in [9.17, 15) is 52.3 Å². The Labute approximate surface area is 154 Å². The van der Waals surface area contributed by atoms with Gasteiger partial charge < -0.3 is 0 Å². The molecule has 0 rings (SSSR count). The second-order valence-electron chi connectivity index (χ2n) is 6.42. The van der Waals surface area contributed by atoms with E-state index in [2.05, 4.69) is 6.58 Å². The molecule has 0 aliphatic carbocycles. The van der Waals surface area contributed by atoms with Crippen molar-refractivity contribution in [3.63, 3.8) is 0 Å². The molecule has 0 fully saturated rings. The van der Waals surface area contributed by atoms with Crippen molar-refractivity contribution >= 4 is 7.22 Å². The van der Waals surface area contributed by atoms with Gasteiger partial charge in [0.1, 0.15) is 0 Å². The zero-order valence-corrected chi connectivity index (χ0v) is 15.5. The van der Waals surface area contributed by atoms with E-state index < -0.39 is 49.9 Å². The van der Waals surface area contributed by atoms with Gasteiger partial charge in [-0.2, -0.15) is 0 Å². The van der Waals surface area contributed by atoms with Gasteiger partial charge in [0.2, 0.25) is 0 Å². The number of rotatable bonds is 12. The molecule has 0 nitrogen and oxygen atoms in total. The summed E-state index contributed by atoms with van der Waals surface area (Å²) >= 11 is 0. The molecule has 0 saturated heterocycles.